The number of rotatable bonds is 7. The van der Waals surface area contributed by atoms with Gasteiger partial charge in [0.2, 0.25) is 11.7 Å². The summed E-state index contributed by atoms with van der Waals surface area (Å²) in [5, 5.41) is 8.51. The highest BCUT2D eigenvalue weighted by atomic mass is 16.5. The maximum absolute atomic E-state index is 5.49. The van der Waals surface area contributed by atoms with Crippen molar-refractivity contribution in [3.05, 3.63) is 37.1 Å². The van der Waals surface area contributed by atoms with Gasteiger partial charge < -0.3 is 28.8 Å². The molecule has 1 aliphatic heterocycles. The summed E-state index contributed by atoms with van der Waals surface area (Å²) >= 11 is 0. The minimum atomic E-state index is 0.189. The largest absolute Gasteiger partial charge is 0.493 e. The molecule has 4 heterocycles. The molecular formula is C21H23N7O4. The maximum Gasteiger partial charge on any atom is 0.230 e. The quantitative estimate of drug-likeness (QED) is 0.466. The number of nitrogens with one attached hydrogen (secondary N) is 1. The number of imidazole rings is 1. The first-order valence-corrected chi connectivity index (χ1v) is 10.1. The van der Waals surface area contributed by atoms with Gasteiger partial charge in [0.15, 0.2) is 23.0 Å². The summed E-state index contributed by atoms with van der Waals surface area (Å²) in [6, 6.07) is 3.88. The average molecular weight is 437 g/mol. The minimum Gasteiger partial charge on any atom is -0.493 e. The van der Waals surface area contributed by atoms with Crippen LogP contribution in [-0.4, -0.2) is 63.8 Å². The Bertz CT molecular complexity index is 1220. The number of hydrogen-bond donors (Lipinski definition) is 1. The molecule has 1 saturated heterocycles. The number of fused-ring (bicyclic) bond motifs is 1. The molecule has 1 aromatic carbocycles. The Hall–Kier alpha value is -3.86. The van der Waals surface area contributed by atoms with Crippen molar-refractivity contribution in [3.8, 4) is 22.9 Å². The minimum absolute atomic E-state index is 0.189. The van der Waals surface area contributed by atoms with Crippen LogP contribution in [0.2, 0.25) is 0 Å². The van der Waals surface area contributed by atoms with Crippen LogP contribution in [-0.2, 0) is 4.74 Å². The Morgan fingerprint density at radius 3 is 2.56 bits per heavy atom. The molecule has 5 rings (SSSR count). The van der Waals surface area contributed by atoms with E-state index in [0.717, 1.165) is 29.7 Å². The fourth-order valence-corrected chi connectivity index (χ4v) is 3.74. The van der Waals surface area contributed by atoms with E-state index in [1.54, 1.807) is 40.1 Å². The van der Waals surface area contributed by atoms with Gasteiger partial charge in [-0.1, -0.05) is 0 Å². The monoisotopic (exact) mass is 437 g/mol. The van der Waals surface area contributed by atoms with Gasteiger partial charge in [-0.25, -0.2) is 14.6 Å². The second-order valence-electron chi connectivity index (χ2n) is 7.25. The second kappa shape index (κ2) is 8.35. The molecule has 0 bridgehead atoms. The first kappa shape index (κ1) is 20.1. The Balaban J connectivity index is 1.42. The van der Waals surface area contributed by atoms with Gasteiger partial charge in [-0.2, -0.15) is 10.1 Å². The van der Waals surface area contributed by atoms with Crippen LogP contribution in [0.15, 0.2) is 37.1 Å². The molecule has 1 atom stereocenters. The molecule has 32 heavy (non-hydrogen) atoms. The third-order valence-corrected chi connectivity index (χ3v) is 5.36. The van der Waals surface area contributed by atoms with E-state index in [0.29, 0.717) is 35.6 Å². The Labute approximate surface area is 183 Å². The van der Waals surface area contributed by atoms with Crippen LogP contribution in [0.4, 0.5) is 11.8 Å². The van der Waals surface area contributed by atoms with Crippen LogP contribution >= 0.6 is 0 Å². The van der Waals surface area contributed by atoms with Crippen molar-refractivity contribution < 1.29 is 18.9 Å². The third-order valence-electron chi connectivity index (χ3n) is 5.36. The SMILES string of the molecule is COc1cc(-n2cnc(Nc3ncc4cnn(C5CCOC5)c4n3)c2)cc(OC)c1OC. The predicted molar refractivity (Wildman–Crippen MR) is 116 cm³/mol. The standard InChI is InChI=1S/C21H23N7O4/c1-29-16-6-15(7-17(30-2)19(16)31-3)27-10-18(23-12-27)25-21-22-8-13-9-24-28(20(13)26-21)14-4-5-32-11-14/h6-10,12,14H,4-5,11H2,1-3H3,(H,22,25,26). The highest BCUT2D eigenvalue weighted by Crippen LogP contribution is 2.39. The molecule has 1 unspecified atom stereocenters. The van der Waals surface area contributed by atoms with Gasteiger partial charge in [-0.3, -0.25) is 0 Å². The van der Waals surface area contributed by atoms with Crippen LogP contribution in [0.1, 0.15) is 12.5 Å². The van der Waals surface area contributed by atoms with Crippen molar-refractivity contribution >= 4 is 22.8 Å². The number of benzene rings is 1. The highest BCUT2D eigenvalue weighted by Gasteiger charge is 2.21. The number of anilines is 2. The summed E-state index contributed by atoms with van der Waals surface area (Å²) in [5.74, 6) is 2.68. The average Bonchev–Trinajstić information content (AvgIpc) is 3.58. The fourth-order valence-electron chi connectivity index (χ4n) is 3.74. The number of hydrogen-bond acceptors (Lipinski definition) is 9. The van der Waals surface area contributed by atoms with E-state index in [9.17, 15) is 0 Å². The smallest absolute Gasteiger partial charge is 0.230 e. The van der Waals surface area contributed by atoms with Crippen LogP contribution in [0.25, 0.3) is 16.7 Å². The van der Waals surface area contributed by atoms with E-state index >= 15 is 0 Å². The summed E-state index contributed by atoms with van der Waals surface area (Å²) in [6.45, 7) is 1.38. The number of methoxy groups -OCH3 is 3. The zero-order valence-electron chi connectivity index (χ0n) is 18.0. The molecule has 11 heteroatoms. The van der Waals surface area contributed by atoms with Gasteiger partial charge in [-0.05, 0) is 6.42 Å². The Morgan fingerprint density at radius 1 is 1.06 bits per heavy atom. The second-order valence-corrected chi connectivity index (χ2v) is 7.25. The van der Waals surface area contributed by atoms with E-state index in [2.05, 4.69) is 25.4 Å². The predicted octanol–water partition coefficient (Wildman–Crippen LogP) is 2.74. The summed E-state index contributed by atoms with van der Waals surface area (Å²) in [7, 11) is 4.73. The van der Waals surface area contributed by atoms with E-state index in [4.69, 9.17) is 18.9 Å². The molecule has 1 fully saturated rings. The Morgan fingerprint density at radius 2 is 1.88 bits per heavy atom. The molecule has 0 amide bonds. The first-order chi connectivity index (χ1) is 15.7. The molecule has 166 valence electrons. The van der Waals surface area contributed by atoms with Gasteiger partial charge in [0.25, 0.3) is 0 Å². The topological polar surface area (TPSA) is 110 Å². The third kappa shape index (κ3) is 3.56. The highest BCUT2D eigenvalue weighted by molar-refractivity contribution is 5.75. The molecule has 3 aromatic heterocycles. The lowest BCUT2D eigenvalue weighted by Crippen LogP contribution is -2.11. The zero-order valence-corrected chi connectivity index (χ0v) is 18.0. The maximum atomic E-state index is 5.49. The number of ether oxygens (including phenoxy) is 4. The Kier molecular flexibility index (Phi) is 5.23. The molecule has 0 spiro atoms. The molecule has 11 nitrogen and oxygen atoms in total. The van der Waals surface area contributed by atoms with E-state index < -0.39 is 0 Å². The molecule has 0 aliphatic carbocycles. The molecule has 0 saturated carbocycles. The van der Waals surface area contributed by atoms with Crippen molar-refractivity contribution in [1.29, 1.82) is 0 Å². The lowest BCUT2D eigenvalue weighted by molar-refractivity contribution is 0.185. The fraction of sp³-hybridized carbons (Fsp3) is 0.333. The molecule has 4 aromatic rings. The summed E-state index contributed by atoms with van der Waals surface area (Å²) in [6.07, 6.45) is 7.96. The number of aromatic nitrogens is 6. The van der Waals surface area contributed by atoms with Crippen LogP contribution in [0, 0.1) is 0 Å². The van der Waals surface area contributed by atoms with Gasteiger partial charge in [0.1, 0.15) is 6.33 Å². The van der Waals surface area contributed by atoms with Crippen molar-refractivity contribution in [2.24, 2.45) is 0 Å². The van der Waals surface area contributed by atoms with Crippen molar-refractivity contribution in [2.75, 3.05) is 39.9 Å². The summed E-state index contributed by atoms with van der Waals surface area (Å²) in [4.78, 5) is 13.5. The zero-order chi connectivity index (χ0) is 22.1. The first-order valence-electron chi connectivity index (χ1n) is 10.1. The van der Waals surface area contributed by atoms with Gasteiger partial charge in [0, 0.05) is 24.9 Å². The lowest BCUT2D eigenvalue weighted by atomic mass is 10.2. The van der Waals surface area contributed by atoms with Crippen LogP contribution < -0.4 is 19.5 Å². The normalized spacial score (nSPS) is 15.8. The van der Waals surface area contributed by atoms with Gasteiger partial charge >= 0.3 is 0 Å². The van der Waals surface area contributed by atoms with Gasteiger partial charge in [-0.15, -0.1) is 0 Å². The summed E-state index contributed by atoms with van der Waals surface area (Å²) < 4.78 is 25.5. The van der Waals surface area contributed by atoms with Crippen LogP contribution in [0.5, 0.6) is 17.2 Å². The lowest BCUT2D eigenvalue weighted by Gasteiger charge is -2.14. The van der Waals surface area contributed by atoms with Crippen molar-refractivity contribution in [2.45, 2.75) is 12.5 Å². The molecule has 1 aliphatic rings. The molecule has 0 radical (unpaired) electrons. The summed E-state index contributed by atoms with van der Waals surface area (Å²) in [5.41, 5.74) is 1.57. The molecule has 1 N–H and O–H groups in total. The molecular weight excluding hydrogens is 414 g/mol. The van der Waals surface area contributed by atoms with Gasteiger partial charge in [0.05, 0.1) is 57.4 Å². The van der Waals surface area contributed by atoms with E-state index in [1.807, 2.05) is 27.6 Å². The van der Waals surface area contributed by atoms with E-state index in [-0.39, 0.29) is 6.04 Å². The number of nitrogens with zero attached hydrogens (tertiary/aromatic N) is 6. The van der Waals surface area contributed by atoms with Crippen molar-refractivity contribution in [1.82, 2.24) is 29.3 Å². The van der Waals surface area contributed by atoms with Crippen molar-refractivity contribution in [3.63, 3.8) is 0 Å². The van der Waals surface area contributed by atoms with Crippen LogP contribution in [0.3, 0.4) is 0 Å². The van der Waals surface area contributed by atoms with E-state index in [1.165, 1.54) is 0 Å².